The molecule has 17 heavy (non-hydrogen) atoms. The van der Waals surface area contributed by atoms with Crippen molar-refractivity contribution in [3.05, 3.63) is 51.3 Å². The number of nitriles is 1. The predicted octanol–water partition coefficient (Wildman–Crippen LogP) is 5.00. The first-order valence-corrected chi connectivity index (χ1v) is 6.68. The molecule has 0 aliphatic heterocycles. The zero-order valence-corrected chi connectivity index (χ0v) is 11.7. The van der Waals surface area contributed by atoms with Gasteiger partial charge in [0, 0.05) is 14.1 Å². The number of nitrogens with zero attached hydrogens (tertiary/aromatic N) is 1. The molecule has 1 heterocycles. The van der Waals surface area contributed by atoms with Crippen molar-refractivity contribution in [3.8, 4) is 6.07 Å². The van der Waals surface area contributed by atoms with Crippen LogP contribution in [0.2, 0.25) is 0 Å². The van der Waals surface area contributed by atoms with Crippen molar-refractivity contribution in [2.24, 2.45) is 0 Å². The van der Waals surface area contributed by atoms with Crippen LogP contribution in [0.1, 0.15) is 16.0 Å². The molecule has 0 N–H and O–H groups in total. The van der Waals surface area contributed by atoms with Crippen LogP contribution in [0.5, 0.6) is 0 Å². The summed E-state index contributed by atoms with van der Waals surface area (Å²) in [5, 5.41) is 10.1. The molecule has 0 atom stereocenters. The summed E-state index contributed by atoms with van der Waals surface area (Å²) < 4.78 is 2.06. The largest absolute Gasteiger partial charge is 0.192 e. The number of fused-ring (bicyclic) bond motifs is 1. The van der Waals surface area contributed by atoms with Gasteiger partial charge in [-0.3, -0.25) is 0 Å². The number of benzene rings is 1. The molecule has 0 saturated carbocycles. The summed E-state index contributed by atoms with van der Waals surface area (Å²) in [5.41, 5.74) is 1.92. The molecular weight excluding hydrogens is 294 g/mol. The molecule has 0 spiro atoms. The van der Waals surface area contributed by atoms with Gasteiger partial charge in [-0.05, 0) is 48.2 Å². The van der Waals surface area contributed by atoms with Crippen molar-refractivity contribution in [3.63, 3.8) is 0 Å². The van der Waals surface area contributed by atoms with Gasteiger partial charge in [-0.2, -0.15) is 5.26 Å². The van der Waals surface area contributed by atoms with E-state index in [1.165, 1.54) is 15.1 Å². The first-order valence-electron chi connectivity index (χ1n) is 5.07. The molecule has 1 nitrogen and oxygen atoms in total. The van der Waals surface area contributed by atoms with E-state index in [-0.39, 0.29) is 0 Å². The fourth-order valence-electron chi connectivity index (χ4n) is 1.63. The Morgan fingerprint density at radius 2 is 2.29 bits per heavy atom. The Morgan fingerprint density at radius 1 is 1.53 bits per heavy atom. The SMILES string of the molecule is C=C(Br)/C=C\c1sc2ccc(C#N)cc2c1C. The van der Waals surface area contributed by atoms with Crippen molar-refractivity contribution in [2.45, 2.75) is 6.92 Å². The van der Waals surface area contributed by atoms with E-state index in [0.29, 0.717) is 5.56 Å². The van der Waals surface area contributed by atoms with Crippen LogP contribution in [0.3, 0.4) is 0 Å². The maximum absolute atomic E-state index is 8.89. The molecule has 2 aromatic rings. The van der Waals surface area contributed by atoms with Crippen LogP contribution in [0.4, 0.5) is 0 Å². The van der Waals surface area contributed by atoms with Crippen LogP contribution < -0.4 is 0 Å². The molecule has 2 rings (SSSR count). The number of hydrogen-bond acceptors (Lipinski definition) is 2. The number of halogens is 1. The van der Waals surface area contributed by atoms with E-state index in [2.05, 4.69) is 35.5 Å². The number of thiophene rings is 1. The van der Waals surface area contributed by atoms with Gasteiger partial charge in [-0.15, -0.1) is 11.3 Å². The predicted molar refractivity (Wildman–Crippen MR) is 78.4 cm³/mol. The number of allylic oxidation sites excluding steroid dienone is 2. The molecule has 84 valence electrons. The number of rotatable bonds is 2. The maximum atomic E-state index is 8.89. The minimum absolute atomic E-state index is 0.707. The second-order valence-corrected chi connectivity index (χ2v) is 5.80. The van der Waals surface area contributed by atoms with E-state index < -0.39 is 0 Å². The normalized spacial score (nSPS) is 10.9. The lowest BCUT2D eigenvalue weighted by molar-refractivity contribution is 1.49. The van der Waals surface area contributed by atoms with Crippen molar-refractivity contribution in [2.75, 3.05) is 0 Å². The van der Waals surface area contributed by atoms with Crippen LogP contribution in [0.25, 0.3) is 16.2 Å². The molecule has 0 bridgehead atoms. The van der Waals surface area contributed by atoms with Gasteiger partial charge < -0.3 is 0 Å². The monoisotopic (exact) mass is 303 g/mol. The summed E-state index contributed by atoms with van der Waals surface area (Å²) in [7, 11) is 0. The summed E-state index contributed by atoms with van der Waals surface area (Å²) >= 11 is 5.03. The highest BCUT2D eigenvalue weighted by atomic mass is 79.9. The molecule has 0 fully saturated rings. The molecule has 0 radical (unpaired) electrons. The van der Waals surface area contributed by atoms with Gasteiger partial charge in [0.2, 0.25) is 0 Å². The minimum atomic E-state index is 0.707. The van der Waals surface area contributed by atoms with Gasteiger partial charge in [0.1, 0.15) is 0 Å². The van der Waals surface area contributed by atoms with E-state index in [9.17, 15) is 0 Å². The average molecular weight is 304 g/mol. The quantitative estimate of drug-likeness (QED) is 0.716. The van der Waals surface area contributed by atoms with Crippen LogP contribution in [-0.4, -0.2) is 0 Å². The molecular formula is C14H10BrNS. The van der Waals surface area contributed by atoms with Gasteiger partial charge in [0.05, 0.1) is 11.6 Å². The summed E-state index contributed by atoms with van der Waals surface area (Å²) in [6.07, 6.45) is 3.98. The molecule has 3 heteroatoms. The first kappa shape index (κ1) is 12.1. The first-order chi connectivity index (χ1) is 8.11. The lowest BCUT2D eigenvalue weighted by Gasteiger charge is -1.93. The highest BCUT2D eigenvalue weighted by Gasteiger charge is 2.06. The Bertz CT molecular complexity index is 659. The minimum Gasteiger partial charge on any atom is -0.192 e. The molecule has 0 unspecified atom stereocenters. The second-order valence-electron chi connectivity index (χ2n) is 3.69. The third kappa shape index (κ3) is 2.49. The number of aryl methyl sites for hydroxylation is 1. The zero-order valence-electron chi connectivity index (χ0n) is 9.33. The third-order valence-electron chi connectivity index (χ3n) is 2.52. The van der Waals surface area contributed by atoms with Gasteiger partial charge in [-0.1, -0.05) is 22.5 Å². The Morgan fingerprint density at radius 3 is 2.94 bits per heavy atom. The van der Waals surface area contributed by atoms with E-state index in [1.54, 1.807) is 11.3 Å². The van der Waals surface area contributed by atoms with Gasteiger partial charge >= 0.3 is 0 Å². The average Bonchev–Trinajstić information content (AvgIpc) is 2.63. The standard InChI is InChI=1S/C14H10BrNS/c1-9(15)3-5-13-10(2)12-7-11(8-16)4-6-14(12)17-13/h3-7H,1H2,2H3/b5-3-. The molecule has 1 aromatic carbocycles. The molecule has 1 aromatic heterocycles. The fraction of sp³-hybridized carbons (Fsp3) is 0.0714. The van der Waals surface area contributed by atoms with Gasteiger partial charge in [-0.25, -0.2) is 0 Å². The smallest absolute Gasteiger partial charge is 0.0991 e. The summed E-state index contributed by atoms with van der Waals surface area (Å²) in [6.45, 7) is 5.85. The Kier molecular flexibility index (Phi) is 3.46. The lowest BCUT2D eigenvalue weighted by Crippen LogP contribution is -1.75. The number of hydrogen-bond donors (Lipinski definition) is 0. The summed E-state index contributed by atoms with van der Waals surface area (Å²) in [4.78, 5) is 1.20. The maximum Gasteiger partial charge on any atom is 0.0991 e. The third-order valence-corrected chi connectivity index (χ3v) is 4.02. The lowest BCUT2D eigenvalue weighted by atomic mass is 10.1. The van der Waals surface area contributed by atoms with E-state index >= 15 is 0 Å². The molecule has 0 aliphatic carbocycles. The zero-order chi connectivity index (χ0) is 12.4. The molecule has 0 amide bonds. The van der Waals surface area contributed by atoms with Gasteiger partial charge in [0.25, 0.3) is 0 Å². The summed E-state index contributed by atoms with van der Waals surface area (Å²) in [5.74, 6) is 0. The van der Waals surface area contributed by atoms with Crippen molar-refractivity contribution >= 4 is 43.4 Å². The van der Waals surface area contributed by atoms with Crippen molar-refractivity contribution < 1.29 is 0 Å². The summed E-state index contributed by atoms with van der Waals surface area (Å²) in [6, 6.07) is 7.98. The highest BCUT2D eigenvalue weighted by molar-refractivity contribution is 9.11. The van der Waals surface area contributed by atoms with Crippen LogP contribution in [0.15, 0.2) is 35.3 Å². The van der Waals surface area contributed by atoms with E-state index in [1.807, 2.05) is 30.4 Å². The fourth-order valence-corrected chi connectivity index (χ4v) is 2.86. The van der Waals surface area contributed by atoms with Crippen LogP contribution in [-0.2, 0) is 0 Å². The Labute approximate surface area is 113 Å². The van der Waals surface area contributed by atoms with Gasteiger partial charge in [0.15, 0.2) is 0 Å². The Balaban J connectivity index is 2.58. The molecule has 0 aliphatic rings. The molecule has 0 saturated heterocycles. The van der Waals surface area contributed by atoms with E-state index in [4.69, 9.17) is 5.26 Å². The topological polar surface area (TPSA) is 23.8 Å². The van der Waals surface area contributed by atoms with Crippen LogP contribution in [0, 0.1) is 18.3 Å². The Hall–Kier alpha value is -1.37. The van der Waals surface area contributed by atoms with Crippen molar-refractivity contribution in [1.82, 2.24) is 0 Å². The van der Waals surface area contributed by atoms with E-state index in [0.717, 1.165) is 9.87 Å². The highest BCUT2D eigenvalue weighted by Crippen LogP contribution is 2.32. The van der Waals surface area contributed by atoms with Crippen molar-refractivity contribution in [1.29, 1.82) is 5.26 Å². The second kappa shape index (κ2) is 4.87. The van der Waals surface area contributed by atoms with Crippen LogP contribution >= 0.6 is 27.3 Å².